The molecule has 0 atom stereocenters. The zero-order valence-electron chi connectivity index (χ0n) is 11.6. The van der Waals surface area contributed by atoms with Crippen LogP contribution in [-0.2, 0) is 0 Å². The van der Waals surface area contributed by atoms with Crippen LogP contribution in [0.15, 0.2) is 22.9 Å². The molecule has 2 aromatic rings. The second kappa shape index (κ2) is 7.64. The van der Waals surface area contributed by atoms with Crippen molar-refractivity contribution in [3.8, 4) is 11.4 Å². The number of H-pyrrole nitrogens is 1. The third-order valence-electron chi connectivity index (χ3n) is 2.81. The van der Waals surface area contributed by atoms with E-state index in [1.165, 1.54) is 30.6 Å². The molecule has 0 spiro atoms. The van der Waals surface area contributed by atoms with Crippen molar-refractivity contribution in [3.05, 3.63) is 17.9 Å². The minimum Gasteiger partial charge on any atom is -0.370 e. The van der Waals surface area contributed by atoms with Crippen LogP contribution in [0.1, 0.15) is 32.6 Å². The molecule has 0 aliphatic carbocycles. The summed E-state index contributed by atoms with van der Waals surface area (Å²) in [5.74, 6) is 0.423. The SMILES string of the molecule is CCCCCCN=C(N)Nc1nc(-c2cnc[nH]2)cs1. The highest BCUT2D eigenvalue weighted by molar-refractivity contribution is 7.14. The number of nitrogens with zero attached hydrogens (tertiary/aromatic N) is 3. The van der Waals surface area contributed by atoms with Gasteiger partial charge in [0, 0.05) is 11.9 Å². The number of nitrogens with two attached hydrogens (primary N) is 1. The Morgan fingerprint density at radius 3 is 3.10 bits per heavy atom. The maximum absolute atomic E-state index is 5.83. The number of aliphatic imine (C=N–C) groups is 1. The summed E-state index contributed by atoms with van der Waals surface area (Å²) in [4.78, 5) is 15.7. The van der Waals surface area contributed by atoms with Gasteiger partial charge in [-0.25, -0.2) is 9.97 Å². The van der Waals surface area contributed by atoms with Crippen LogP contribution < -0.4 is 11.1 Å². The summed E-state index contributed by atoms with van der Waals surface area (Å²) in [6.07, 6.45) is 8.13. The number of aromatic amines is 1. The van der Waals surface area contributed by atoms with E-state index < -0.39 is 0 Å². The van der Waals surface area contributed by atoms with Gasteiger partial charge in [0.15, 0.2) is 11.1 Å². The topological polar surface area (TPSA) is 92.0 Å². The highest BCUT2D eigenvalue weighted by Gasteiger charge is 2.05. The van der Waals surface area contributed by atoms with E-state index in [4.69, 9.17) is 5.73 Å². The first kappa shape index (κ1) is 14.5. The first-order valence-corrected chi connectivity index (χ1v) is 7.68. The van der Waals surface area contributed by atoms with Crippen LogP contribution >= 0.6 is 11.3 Å². The number of nitrogens with one attached hydrogen (secondary N) is 2. The van der Waals surface area contributed by atoms with Gasteiger partial charge < -0.3 is 16.0 Å². The number of thiazole rings is 1. The van der Waals surface area contributed by atoms with E-state index >= 15 is 0 Å². The first-order chi connectivity index (χ1) is 9.79. The highest BCUT2D eigenvalue weighted by atomic mass is 32.1. The van der Waals surface area contributed by atoms with Gasteiger partial charge in [-0.3, -0.25) is 4.99 Å². The van der Waals surface area contributed by atoms with Crippen LogP contribution in [0.2, 0.25) is 0 Å². The average molecular weight is 292 g/mol. The lowest BCUT2D eigenvalue weighted by Crippen LogP contribution is -2.22. The van der Waals surface area contributed by atoms with Crippen LogP contribution in [0.25, 0.3) is 11.4 Å². The maximum atomic E-state index is 5.83. The number of guanidine groups is 1. The number of unbranched alkanes of at least 4 members (excludes halogenated alkanes) is 3. The van der Waals surface area contributed by atoms with Crippen molar-refractivity contribution >= 4 is 22.4 Å². The second-order valence-electron chi connectivity index (χ2n) is 4.46. The van der Waals surface area contributed by atoms with Gasteiger partial charge in [-0.1, -0.05) is 26.2 Å². The van der Waals surface area contributed by atoms with Gasteiger partial charge in [0.1, 0.15) is 5.69 Å². The molecule has 0 saturated carbocycles. The first-order valence-electron chi connectivity index (χ1n) is 6.81. The maximum Gasteiger partial charge on any atom is 0.194 e. The Balaban J connectivity index is 1.82. The summed E-state index contributed by atoms with van der Waals surface area (Å²) in [7, 11) is 0. The van der Waals surface area contributed by atoms with Crippen LogP contribution in [0.4, 0.5) is 5.13 Å². The lowest BCUT2D eigenvalue weighted by Gasteiger charge is -2.01. The third-order valence-corrected chi connectivity index (χ3v) is 3.56. The van der Waals surface area contributed by atoms with Gasteiger partial charge in [0.25, 0.3) is 0 Å². The molecule has 0 bridgehead atoms. The van der Waals surface area contributed by atoms with Gasteiger partial charge in [0.05, 0.1) is 18.2 Å². The molecular weight excluding hydrogens is 272 g/mol. The molecular formula is C13H20N6S. The number of rotatable bonds is 7. The summed E-state index contributed by atoms with van der Waals surface area (Å²) >= 11 is 1.49. The van der Waals surface area contributed by atoms with Crippen molar-refractivity contribution < 1.29 is 0 Å². The molecule has 0 unspecified atom stereocenters. The Kier molecular flexibility index (Phi) is 5.55. The minimum atomic E-state index is 0.423. The van der Waals surface area contributed by atoms with E-state index in [2.05, 4.69) is 32.2 Å². The molecule has 0 amide bonds. The van der Waals surface area contributed by atoms with E-state index in [1.54, 1.807) is 12.5 Å². The van der Waals surface area contributed by atoms with Crippen LogP contribution in [0, 0.1) is 0 Å². The summed E-state index contributed by atoms with van der Waals surface area (Å²) in [6, 6.07) is 0. The Labute approximate surface area is 122 Å². The second-order valence-corrected chi connectivity index (χ2v) is 5.31. The lowest BCUT2D eigenvalue weighted by atomic mass is 10.2. The zero-order chi connectivity index (χ0) is 14.2. The number of aromatic nitrogens is 3. The molecule has 0 aromatic carbocycles. The van der Waals surface area contributed by atoms with E-state index in [1.807, 2.05) is 5.38 Å². The predicted molar refractivity (Wildman–Crippen MR) is 83.9 cm³/mol. The largest absolute Gasteiger partial charge is 0.370 e. The summed E-state index contributed by atoms with van der Waals surface area (Å²) in [6.45, 7) is 2.95. The van der Waals surface area contributed by atoms with Gasteiger partial charge in [-0.05, 0) is 6.42 Å². The molecule has 6 nitrogen and oxygen atoms in total. The molecule has 4 N–H and O–H groups in total. The number of imidazole rings is 1. The normalized spacial score (nSPS) is 11.8. The van der Waals surface area contributed by atoms with E-state index in [0.29, 0.717) is 5.96 Å². The third kappa shape index (κ3) is 4.34. The highest BCUT2D eigenvalue weighted by Crippen LogP contribution is 2.22. The van der Waals surface area contributed by atoms with Crippen molar-refractivity contribution in [3.63, 3.8) is 0 Å². The Bertz CT molecular complexity index is 531. The van der Waals surface area contributed by atoms with Crippen LogP contribution in [-0.4, -0.2) is 27.5 Å². The Morgan fingerprint density at radius 2 is 2.35 bits per heavy atom. The monoisotopic (exact) mass is 292 g/mol. The molecule has 0 aliphatic rings. The smallest absolute Gasteiger partial charge is 0.194 e. The number of hydrogen-bond acceptors (Lipinski definition) is 4. The minimum absolute atomic E-state index is 0.423. The van der Waals surface area contributed by atoms with E-state index in [0.717, 1.165) is 29.5 Å². The molecule has 0 aliphatic heterocycles. The van der Waals surface area contributed by atoms with Crippen molar-refractivity contribution in [1.29, 1.82) is 0 Å². The average Bonchev–Trinajstić information content (AvgIpc) is 3.08. The Hall–Kier alpha value is -1.89. The molecule has 0 fully saturated rings. The quantitative estimate of drug-likeness (QED) is 0.415. The number of anilines is 1. The fraction of sp³-hybridized carbons (Fsp3) is 0.462. The molecule has 108 valence electrons. The lowest BCUT2D eigenvalue weighted by molar-refractivity contribution is 0.675. The van der Waals surface area contributed by atoms with Crippen molar-refractivity contribution in [2.75, 3.05) is 11.9 Å². The zero-order valence-corrected chi connectivity index (χ0v) is 12.4. The van der Waals surface area contributed by atoms with Gasteiger partial charge in [0.2, 0.25) is 0 Å². The molecule has 20 heavy (non-hydrogen) atoms. The molecule has 0 saturated heterocycles. The molecule has 2 heterocycles. The standard InChI is InChI=1S/C13H20N6S/c1-2-3-4-5-6-16-12(14)19-13-18-11(8-20-13)10-7-15-9-17-10/h7-9H,2-6H2,1H3,(H,15,17)(H3,14,16,18,19). The fourth-order valence-corrected chi connectivity index (χ4v) is 2.46. The van der Waals surface area contributed by atoms with Gasteiger partial charge in [-0.15, -0.1) is 11.3 Å². The van der Waals surface area contributed by atoms with Crippen molar-refractivity contribution in [2.45, 2.75) is 32.6 Å². The van der Waals surface area contributed by atoms with Gasteiger partial charge >= 0.3 is 0 Å². The molecule has 2 aromatic heterocycles. The fourth-order valence-electron chi connectivity index (χ4n) is 1.74. The Morgan fingerprint density at radius 1 is 1.45 bits per heavy atom. The molecule has 7 heteroatoms. The van der Waals surface area contributed by atoms with Crippen molar-refractivity contribution in [1.82, 2.24) is 15.0 Å². The predicted octanol–water partition coefficient (Wildman–Crippen LogP) is 2.84. The number of hydrogen-bond donors (Lipinski definition) is 3. The molecule has 2 rings (SSSR count). The summed E-state index contributed by atoms with van der Waals surface area (Å²) < 4.78 is 0. The van der Waals surface area contributed by atoms with E-state index in [-0.39, 0.29) is 0 Å². The van der Waals surface area contributed by atoms with Crippen LogP contribution in [0.5, 0.6) is 0 Å². The van der Waals surface area contributed by atoms with E-state index in [9.17, 15) is 0 Å². The van der Waals surface area contributed by atoms with Crippen molar-refractivity contribution in [2.24, 2.45) is 10.7 Å². The summed E-state index contributed by atoms with van der Waals surface area (Å²) in [5, 5.41) is 5.70. The summed E-state index contributed by atoms with van der Waals surface area (Å²) in [5.41, 5.74) is 7.58. The van der Waals surface area contributed by atoms with Crippen LogP contribution in [0.3, 0.4) is 0 Å². The van der Waals surface area contributed by atoms with Gasteiger partial charge in [-0.2, -0.15) is 0 Å². The molecule has 0 radical (unpaired) electrons.